The summed E-state index contributed by atoms with van der Waals surface area (Å²) in [5.74, 6) is -3.95. The van der Waals surface area contributed by atoms with Crippen LogP contribution < -0.4 is 45.3 Å². The maximum absolute atomic E-state index is 13.6. The molecule has 4 heterocycles. The second-order valence-electron chi connectivity index (χ2n) is 9.86. The van der Waals surface area contributed by atoms with E-state index in [4.69, 9.17) is 9.47 Å². The Balaban J connectivity index is 0.00000480. The molecule has 1 aromatic carbocycles. The summed E-state index contributed by atoms with van der Waals surface area (Å²) in [6.45, 7) is 0.389. The van der Waals surface area contributed by atoms with Gasteiger partial charge in [-0.05, 0) is 11.6 Å². The third kappa shape index (κ3) is 6.86. The maximum Gasteiger partial charge on any atom is 1.00 e. The molecule has 20 heteroatoms. The summed E-state index contributed by atoms with van der Waals surface area (Å²) < 4.78 is 10.1. The monoisotopic (exact) mass is 665 g/mol. The van der Waals surface area contributed by atoms with Crippen molar-refractivity contribution in [1.82, 2.24) is 25.4 Å². The summed E-state index contributed by atoms with van der Waals surface area (Å²) >= 11 is 1.11. The van der Waals surface area contributed by atoms with E-state index in [1.165, 1.54) is 18.2 Å². The Morgan fingerprint density at radius 3 is 2.54 bits per heavy atom. The van der Waals surface area contributed by atoms with Gasteiger partial charge in [0.05, 0.1) is 11.7 Å². The van der Waals surface area contributed by atoms with E-state index < -0.39 is 76.6 Å². The number of hydrazone groups is 1. The molecule has 5 rings (SSSR count). The Bertz CT molecular complexity index is 1570. The van der Waals surface area contributed by atoms with Crippen LogP contribution in [-0.2, 0) is 28.7 Å². The van der Waals surface area contributed by atoms with Crippen LogP contribution in [0.3, 0.4) is 0 Å². The first-order chi connectivity index (χ1) is 21.5. The SMILES string of the molecule is CC(=O)OCC1=C(C(=O)[O-])N2C(=O)C(NC(=O)C(NC(=O)N3C(=O)N(N=C4C=CCO4)CC3[N+](=O)[O-])c3ccccc3)[C@@H]2SC1.[Na+]. The molecule has 236 valence electrons. The molecule has 0 spiro atoms. The number of esters is 1. The molecule has 0 saturated carbocycles. The Morgan fingerprint density at radius 2 is 1.93 bits per heavy atom. The molecular formula is C26H24N7NaO11S. The molecule has 6 amide bonds. The summed E-state index contributed by atoms with van der Waals surface area (Å²) in [5, 5.41) is 32.3. The van der Waals surface area contributed by atoms with E-state index in [0.717, 1.165) is 23.6 Å². The quantitative estimate of drug-likeness (QED) is 0.0838. The molecular weight excluding hydrogens is 641 g/mol. The fraction of sp³-hybridized carbons (Fsp3) is 0.346. The van der Waals surface area contributed by atoms with Gasteiger partial charge in [-0.2, -0.15) is 4.90 Å². The summed E-state index contributed by atoms with van der Waals surface area (Å²) in [6, 6.07) is 2.55. The predicted octanol–water partition coefficient (Wildman–Crippen LogP) is -4.35. The first-order valence-corrected chi connectivity index (χ1v) is 14.3. The number of carbonyl (C=O) groups is 6. The number of aliphatic carboxylic acids is 1. The predicted molar refractivity (Wildman–Crippen MR) is 149 cm³/mol. The largest absolute Gasteiger partial charge is 1.00 e. The summed E-state index contributed by atoms with van der Waals surface area (Å²) in [6.07, 6.45) is 1.21. The molecule has 1 aromatic rings. The molecule has 0 bridgehead atoms. The number of imide groups is 1. The fourth-order valence-corrected chi connectivity index (χ4v) is 6.22. The van der Waals surface area contributed by atoms with Gasteiger partial charge in [-0.1, -0.05) is 30.3 Å². The average Bonchev–Trinajstić information content (AvgIpc) is 3.65. The van der Waals surface area contributed by atoms with E-state index in [9.17, 15) is 44.0 Å². The Hall–Kier alpha value is -4.46. The minimum atomic E-state index is -1.84. The summed E-state index contributed by atoms with van der Waals surface area (Å²) in [5.41, 5.74) is -0.106. The number of hydrogen-bond acceptors (Lipinski definition) is 13. The topological polar surface area (TPSA) is 233 Å². The Kier molecular flexibility index (Phi) is 10.7. The Labute approximate surface area is 286 Å². The third-order valence-corrected chi connectivity index (χ3v) is 8.32. The number of rotatable bonds is 9. The van der Waals surface area contributed by atoms with E-state index in [0.29, 0.717) is 9.91 Å². The van der Waals surface area contributed by atoms with Crippen molar-refractivity contribution in [3.8, 4) is 0 Å². The summed E-state index contributed by atoms with van der Waals surface area (Å²) in [4.78, 5) is 88.3. The number of amides is 6. The first-order valence-electron chi connectivity index (χ1n) is 13.3. The number of urea groups is 2. The normalized spacial score (nSPS) is 23.2. The van der Waals surface area contributed by atoms with Crippen LogP contribution in [-0.4, -0.2) is 105 Å². The molecule has 2 fully saturated rings. The van der Waals surface area contributed by atoms with Gasteiger partial charge < -0.3 is 30.0 Å². The van der Waals surface area contributed by atoms with Gasteiger partial charge in [-0.3, -0.25) is 29.4 Å². The van der Waals surface area contributed by atoms with Gasteiger partial charge in [-0.25, -0.2) is 14.6 Å². The van der Waals surface area contributed by atoms with Gasteiger partial charge in [0.2, 0.25) is 11.8 Å². The van der Waals surface area contributed by atoms with E-state index in [1.54, 1.807) is 24.3 Å². The van der Waals surface area contributed by atoms with Crippen molar-refractivity contribution < 1.29 is 77.8 Å². The molecule has 2 N–H and O–H groups in total. The van der Waals surface area contributed by atoms with Gasteiger partial charge >= 0.3 is 53.8 Å². The molecule has 4 aliphatic rings. The van der Waals surface area contributed by atoms with Crippen LogP contribution in [0.25, 0.3) is 0 Å². The van der Waals surface area contributed by atoms with Crippen molar-refractivity contribution in [1.29, 1.82) is 0 Å². The second-order valence-corrected chi connectivity index (χ2v) is 11.0. The van der Waals surface area contributed by atoms with Gasteiger partial charge in [0, 0.05) is 29.2 Å². The van der Waals surface area contributed by atoms with Crippen LogP contribution in [0, 0.1) is 10.1 Å². The van der Waals surface area contributed by atoms with E-state index >= 15 is 0 Å². The minimum Gasteiger partial charge on any atom is -0.543 e. The molecule has 4 aliphatic heterocycles. The molecule has 0 radical (unpaired) electrons. The van der Waals surface area contributed by atoms with Crippen LogP contribution in [0.5, 0.6) is 0 Å². The van der Waals surface area contributed by atoms with E-state index in [1.807, 2.05) is 0 Å². The van der Waals surface area contributed by atoms with Crippen molar-refractivity contribution in [3.05, 3.63) is 69.4 Å². The van der Waals surface area contributed by atoms with Crippen molar-refractivity contribution in [3.63, 3.8) is 0 Å². The van der Waals surface area contributed by atoms with Crippen molar-refractivity contribution >= 4 is 53.5 Å². The fourth-order valence-electron chi connectivity index (χ4n) is 4.89. The van der Waals surface area contributed by atoms with E-state index in [2.05, 4.69) is 15.7 Å². The maximum atomic E-state index is 13.6. The number of carboxylic acids is 1. The standard InChI is InChI=1S/C26H25N7O11S.Na/c1-13(34)44-11-15-12-45-23-19(22(36)32(23)20(15)24(37)38)27-21(35)18(14-6-3-2-4-7-14)28-25(39)31-17(33(41)42)10-30(26(31)40)29-16-8-5-9-43-16;/h2-8,17-19,23H,9-12H2,1H3,(H,27,35)(H,28,39)(H,37,38);/q;+1/p-1/t17?,18?,19?,23-;/m0./s1. The molecule has 3 unspecified atom stereocenters. The van der Waals surface area contributed by atoms with Gasteiger partial charge in [-0.15, -0.1) is 16.9 Å². The number of benzene rings is 1. The van der Waals surface area contributed by atoms with Crippen molar-refractivity contribution in [2.75, 3.05) is 25.5 Å². The zero-order chi connectivity index (χ0) is 32.4. The third-order valence-electron chi connectivity index (χ3n) is 6.98. The number of hydrogen-bond donors (Lipinski definition) is 2. The summed E-state index contributed by atoms with van der Waals surface area (Å²) in [7, 11) is 0. The average molecular weight is 666 g/mol. The molecule has 2 saturated heterocycles. The second kappa shape index (κ2) is 14.3. The number of β-lactam (4-membered cyclic amide) rings is 1. The molecule has 46 heavy (non-hydrogen) atoms. The number of fused-ring (bicyclic) bond motifs is 1. The number of carbonyl (C=O) groups excluding carboxylic acids is 6. The number of nitro groups is 1. The van der Waals surface area contributed by atoms with Crippen LogP contribution in [0.2, 0.25) is 0 Å². The van der Waals surface area contributed by atoms with Gasteiger partial charge in [0.1, 0.15) is 37.2 Å². The van der Waals surface area contributed by atoms with Crippen LogP contribution >= 0.6 is 11.8 Å². The van der Waals surface area contributed by atoms with Gasteiger partial charge in [0.25, 0.3) is 5.91 Å². The Morgan fingerprint density at radius 1 is 1.22 bits per heavy atom. The van der Waals surface area contributed by atoms with Crippen LogP contribution in [0.4, 0.5) is 9.59 Å². The molecule has 0 aromatic heterocycles. The molecule has 4 atom stereocenters. The van der Waals surface area contributed by atoms with E-state index in [-0.39, 0.29) is 65.6 Å². The number of carboxylic acid groups (broad SMARTS) is 1. The van der Waals surface area contributed by atoms with Crippen molar-refractivity contribution in [2.45, 2.75) is 30.5 Å². The van der Waals surface area contributed by atoms with Gasteiger partial charge in [0.15, 0.2) is 0 Å². The number of nitrogens with zero attached hydrogens (tertiary/aromatic N) is 5. The minimum absolute atomic E-state index is 0. The molecule has 0 aliphatic carbocycles. The van der Waals surface area contributed by atoms with Crippen molar-refractivity contribution in [2.24, 2.45) is 5.10 Å². The van der Waals surface area contributed by atoms with Crippen LogP contribution in [0.1, 0.15) is 18.5 Å². The zero-order valence-corrected chi connectivity index (χ0v) is 27.1. The zero-order valence-electron chi connectivity index (χ0n) is 24.3. The molecule has 18 nitrogen and oxygen atoms in total. The number of nitrogens with one attached hydrogen (secondary N) is 2. The first kappa shape index (κ1) is 34.4. The number of ether oxygens (including phenoxy) is 2. The van der Waals surface area contributed by atoms with Crippen LogP contribution in [0.15, 0.2) is 58.9 Å². The number of thioether (sulfide) groups is 1. The smallest absolute Gasteiger partial charge is 0.543 e.